The van der Waals surface area contributed by atoms with Crippen molar-refractivity contribution in [2.45, 2.75) is 58.0 Å². The molecule has 2 aliphatic rings. The summed E-state index contributed by atoms with van der Waals surface area (Å²) in [6.45, 7) is 4.20. The Morgan fingerprint density at radius 2 is 1.70 bits per heavy atom. The molecule has 6 rings (SSSR count). The largest absolute Gasteiger partial charge is 0.341 e. The lowest BCUT2D eigenvalue weighted by atomic mass is 10.0. The van der Waals surface area contributed by atoms with E-state index in [1.54, 1.807) is 12.4 Å². The summed E-state index contributed by atoms with van der Waals surface area (Å²) in [6.07, 6.45) is 11.1. The van der Waals surface area contributed by atoms with Crippen LogP contribution in [0.25, 0.3) is 28.5 Å². The van der Waals surface area contributed by atoms with Gasteiger partial charge in [0, 0.05) is 24.0 Å². The minimum absolute atomic E-state index is 0.139. The van der Waals surface area contributed by atoms with Crippen molar-refractivity contribution in [3.8, 4) is 28.5 Å². The molecule has 0 unspecified atom stereocenters. The van der Waals surface area contributed by atoms with Crippen molar-refractivity contribution < 1.29 is 0 Å². The molecule has 8 heteroatoms. The van der Waals surface area contributed by atoms with Crippen LogP contribution in [0.4, 0.5) is 5.82 Å². The van der Waals surface area contributed by atoms with Gasteiger partial charge in [-0.1, -0.05) is 50.1 Å². The first-order valence-electron chi connectivity index (χ1n) is 11.7. The summed E-state index contributed by atoms with van der Waals surface area (Å²) in [5.41, 5.74) is 3.42. The standard InChI is InChI=1S/C25H26N8/c1-3-19-25-31-30-16(2)32(25)20-15-28-23(29-24(20)33(19)18-11-7-8-12-18)22-21(26-13-14-27-22)17-9-5-4-6-10-17/h4-6,9-10,13-15,18-19H,3,7-8,11-12H2,1-2H3/t19-/m1/s1. The molecular weight excluding hydrogens is 412 g/mol. The van der Waals surface area contributed by atoms with E-state index in [9.17, 15) is 0 Å². The lowest BCUT2D eigenvalue weighted by molar-refractivity contribution is 0.468. The second-order valence-electron chi connectivity index (χ2n) is 8.73. The maximum Gasteiger partial charge on any atom is 0.182 e. The molecule has 0 saturated heterocycles. The third-order valence-corrected chi connectivity index (χ3v) is 6.78. The number of fused-ring (bicyclic) bond motifs is 3. The van der Waals surface area contributed by atoms with E-state index in [2.05, 4.69) is 36.6 Å². The Morgan fingerprint density at radius 3 is 2.45 bits per heavy atom. The second kappa shape index (κ2) is 8.03. The summed E-state index contributed by atoms with van der Waals surface area (Å²) in [5.74, 6) is 3.37. The number of rotatable bonds is 4. The molecule has 166 valence electrons. The van der Waals surface area contributed by atoms with E-state index in [0.717, 1.165) is 40.8 Å². The van der Waals surface area contributed by atoms with Crippen LogP contribution < -0.4 is 4.90 Å². The molecule has 1 aliphatic heterocycles. The fourth-order valence-electron chi connectivity index (χ4n) is 5.29. The normalized spacial score (nSPS) is 17.8. The average Bonchev–Trinajstić information content (AvgIpc) is 3.54. The molecular formula is C25H26N8. The molecule has 1 saturated carbocycles. The molecule has 4 heterocycles. The van der Waals surface area contributed by atoms with Crippen LogP contribution in [0.5, 0.6) is 0 Å². The molecule has 4 aromatic rings. The number of anilines is 1. The van der Waals surface area contributed by atoms with Crippen molar-refractivity contribution in [3.05, 3.63) is 60.6 Å². The van der Waals surface area contributed by atoms with Crippen molar-refractivity contribution in [3.63, 3.8) is 0 Å². The summed E-state index contributed by atoms with van der Waals surface area (Å²) >= 11 is 0. The highest BCUT2D eigenvalue weighted by molar-refractivity contribution is 5.76. The summed E-state index contributed by atoms with van der Waals surface area (Å²) in [7, 11) is 0. The lowest BCUT2D eigenvalue weighted by Crippen LogP contribution is -2.42. The first-order chi connectivity index (χ1) is 16.3. The molecule has 3 aromatic heterocycles. The van der Waals surface area contributed by atoms with Gasteiger partial charge in [0.15, 0.2) is 17.5 Å². The van der Waals surface area contributed by atoms with Gasteiger partial charge in [-0.3, -0.25) is 9.55 Å². The van der Waals surface area contributed by atoms with Crippen LogP contribution in [0.15, 0.2) is 48.9 Å². The van der Waals surface area contributed by atoms with E-state index in [4.69, 9.17) is 9.97 Å². The zero-order valence-corrected chi connectivity index (χ0v) is 18.9. The zero-order valence-electron chi connectivity index (χ0n) is 18.9. The molecule has 1 aliphatic carbocycles. The smallest absolute Gasteiger partial charge is 0.182 e. The van der Waals surface area contributed by atoms with Crippen molar-refractivity contribution in [1.29, 1.82) is 0 Å². The Balaban J connectivity index is 1.55. The molecule has 1 aromatic carbocycles. The van der Waals surface area contributed by atoms with Crippen LogP contribution in [0, 0.1) is 6.92 Å². The molecule has 33 heavy (non-hydrogen) atoms. The van der Waals surface area contributed by atoms with Gasteiger partial charge < -0.3 is 4.90 Å². The van der Waals surface area contributed by atoms with Crippen LogP contribution in [-0.4, -0.2) is 40.7 Å². The second-order valence-corrected chi connectivity index (χ2v) is 8.73. The van der Waals surface area contributed by atoms with E-state index in [-0.39, 0.29) is 6.04 Å². The molecule has 0 N–H and O–H groups in total. The van der Waals surface area contributed by atoms with Crippen LogP contribution in [-0.2, 0) is 0 Å². The van der Waals surface area contributed by atoms with E-state index in [0.29, 0.717) is 17.6 Å². The highest BCUT2D eigenvalue weighted by Crippen LogP contribution is 2.43. The maximum absolute atomic E-state index is 5.15. The van der Waals surface area contributed by atoms with Gasteiger partial charge >= 0.3 is 0 Å². The lowest BCUT2D eigenvalue weighted by Gasteiger charge is -2.41. The Hall–Kier alpha value is -3.68. The van der Waals surface area contributed by atoms with E-state index in [1.165, 1.54) is 25.7 Å². The highest BCUT2D eigenvalue weighted by Gasteiger charge is 2.39. The number of hydrogen-bond acceptors (Lipinski definition) is 7. The molecule has 0 radical (unpaired) electrons. The topological polar surface area (TPSA) is 85.5 Å². The average molecular weight is 439 g/mol. The summed E-state index contributed by atoms with van der Waals surface area (Å²) in [5, 5.41) is 8.96. The molecule has 1 atom stereocenters. The third-order valence-electron chi connectivity index (χ3n) is 6.78. The van der Waals surface area contributed by atoms with Gasteiger partial charge in [0.25, 0.3) is 0 Å². The van der Waals surface area contributed by atoms with Gasteiger partial charge in [0.05, 0.1) is 17.9 Å². The monoisotopic (exact) mass is 438 g/mol. The Morgan fingerprint density at radius 1 is 0.939 bits per heavy atom. The molecule has 0 amide bonds. The van der Waals surface area contributed by atoms with E-state index >= 15 is 0 Å². The van der Waals surface area contributed by atoms with Crippen LogP contribution in [0.2, 0.25) is 0 Å². The number of aromatic nitrogens is 7. The molecule has 1 fully saturated rings. The van der Waals surface area contributed by atoms with Gasteiger partial charge in [0.2, 0.25) is 0 Å². The van der Waals surface area contributed by atoms with Gasteiger partial charge in [-0.15, -0.1) is 10.2 Å². The van der Waals surface area contributed by atoms with Gasteiger partial charge in [-0.05, 0) is 26.2 Å². The van der Waals surface area contributed by atoms with Crippen molar-refractivity contribution in [1.82, 2.24) is 34.7 Å². The predicted octanol–water partition coefficient (Wildman–Crippen LogP) is 4.70. The third kappa shape index (κ3) is 3.20. The van der Waals surface area contributed by atoms with Crippen LogP contribution in [0.1, 0.15) is 56.7 Å². The van der Waals surface area contributed by atoms with Gasteiger partial charge in [-0.2, -0.15) is 0 Å². The first kappa shape index (κ1) is 20.0. The predicted molar refractivity (Wildman–Crippen MR) is 126 cm³/mol. The highest BCUT2D eigenvalue weighted by atomic mass is 15.4. The Labute approximate surface area is 192 Å². The van der Waals surface area contributed by atoms with Gasteiger partial charge in [0.1, 0.15) is 17.2 Å². The number of aryl methyl sites for hydroxylation is 1. The van der Waals surface area contributed by atoms with Crippen LogP contribution in [0.3, 0.4) is 0 Å². The van der Waals surface area contributed by atoms with Crippen molar-refractivity contribution in [2.24, 2.45) is 0 Å². The van der Waals surface area contributed by atoms with Crippen molar-refractivity contribution >= 4 is 5.82 Å². The number of hydrogen-bond donors (Lipinski definition) is 0. The molecule has 0 spiro atoms. The number of benzene rings is 1. The zero-order chi connectivity index (χ0) is 22.4. The van der Waals surface area contributed by atoms with Gasteiger partial charge in [-0.25, -0.2) is 15.0 Å². The number of nitrogens with zero attached hydrogens (tertiary/aromatic N) is 8. The van der Waals surface area contributed by atoms with Crippen molar-refractivity contribution in [2.75, 3.05) is 4.90 Å². The summed E-state index contributed by atoms with van der Waals surface area (Å²) < 4.78 is 2.12. The van der Waals surface area contributed by atoms with E-state index in [1.807, 2.05) is 43.5 Å². The summed E-state index contributed by atoms with van der Waals surface area (Å²) in [4.78, 5) is 21.7. The van der Waals surface area contributed by atoms with Crippen LogP contribution >= 0.6 is 0 Å². The minimum Gasteiger partial charge on any atom is -0.341 e. The Bertz CT molecular complexity index is 1290. The fraction of sp³-hybridized carbons (Fsp3) is 0.360. The Kier molecular flexibility index (Phi) is 4.86. The summed E-state index contributed by atoms with van der Waals surface area (Å²) in [6, 6.07) is 10.7. The van der Waals surface area contributed by atoms with E-state index < -0.39 is 0 Å². The molecule has 0 bridgehead atoms. The minimum atomic E-state index is 0.139. The molecule has 8 nitrogen and oxygen atoms in total. The fourth-order valence-corrected chi connectivity index (χ4v) is 5.29. The quantitative estimate of drug-likeness (QED) is 0.456. The maximum atomic E-state index is 5.15. The first-order valence-corrected chi connectivity index (χ1v) is 11.7. The SMILES string of the molecule is CC[C@@H]1c2nnc(C)n2-c2cnc(-c3nccnc3-c3ccccc3)nc2N1C1CCCC1.